The number of aryl methyl sites for hydroxylation is 1. The Bertz CT molecular complexity index is 1260. The molecule has 174 valence electrons. The second-order valence-corrected chi connectivity index (χ2v) is 9.23. The summed E-state index contributed by atoms with van der Waals surface area (Å²) in [6.45, 7) is 5.72. The molecule has 0 saturated heterocycles. The van der Waals surface area contributed by atoms with Gasteiger partial charge in [0.2, 0.25) is 0 Å². The van der Waals surface area contributed by atoms with Gasteiger partial charge >= 0.3 is 5.97 Å². The summed E-state index contributed by atoms with van der Waals surface area (Å²) in [6, 6.07) is 20.9. The summed E-state index contributed by atoms with van der Waals surface area (Å²) in [5.74, 6) is -0.280. The summed E-state index contributed by atoms with van der Waals surface area (Å²) in [5.41, 5.74) is 6.08. The molecule has 4 rings (SSSR count). The van der Waals surface area contributed by atoms with Gasteiger partial charge in [-0.1, -0.05) is 55.2 Å². The van der Waals surface area contributed by atoms with Crippen LogP contribution in [-0.2, 0) is 4.79 Å². The molecule has 3 aromatic carbocycles. The van der Waals surface area contributed by atoms with E-state index < -0.39 is 12.6 Å². The van der Waals surface area contributed by atoms with Gasteiger partial charge in [0.15, 0.2) is 6.61 Å². The fourth-order valence-corrected chi connectivity index (χ4v) is 4.06. The Hall–Kier alpha value is -3.28. The van der Waals surface area contributed by atoms with E-state index in [-0.39, 0.29) is 5.92 Å². The number of aliphatic carboxylic acids is 1. The highest BCUT2D eigenvalue weighted by Gasteiger charge is 2.20. The van der Waals surface area contributed by atoms with Crippen LogP contribution in [0.2, 0.25) is 10.0 Å². The predicted molar refractivity (Wildman–Crippen MR) is 136 cm³/mol. The first-order valence-electron chi connectivity index (χ1n) is 10.8. The lowest BCUT2D eigenvalue weighted by Gasteiger charge is -2.15. The van der Waals surface area contributed by atoms with Gasteiger partial charge in [-0.05, 0) is 72.5 Å². The lowest BCUT2D eigenvalue weighted by atomic mass is 9.95. The van der Waals surface area contributed by atoms with E-state index in [1.807, 2.05) is 72.3 Å². The summed E-state index contributed by atoms with van der Waals surface area (Å²) in [6.07, 6.45) is 0. The van der Waals surface area contributed by atoms with E-state index in [1.54, 1.807) is 0 Å². The first-order chi connectivity index (χ1) is 16.2. The highest BCUT2D eigenvalue weighted by atomic mass is 35.5. The smallest absolute Gasteiger partial charge is 0.341 e. The van der Waals surface area contributed by atoms with Gasteiger partial charge in [-0.3, -0.25) is 0 Å². The number of hydrogen-bond acceptors (Lipinski definition) is 3. The molecule has 0 saturated carbocycles. The first kappa shape index (κ1) is 23.9. The van der Waals surface area contributed by atoms with Crippen LogP contribution in [0.4, 0.5) is 0 Å². The number of ether oxygens (including phenoxy) is 1. The molecule has 7 heteroatoms. The molecule has 0 unspecified atom stereocenters. The zero-order chi connectivity index (χ0) is 24.4. The minimum atomic E-state index is -1.04. The van der Waals surface area contributed by atoms with Crippen LogP contribution < -0.4 is 4.74 Å². The summed E-state index contributed by atoms with van der Waals surface area (Å²) >= 11 is 12.2. The molecule has 0 radical (unpaired) electrons. The van der Waals surface area contributed by atoms with Gasteiger partial charge in [0.1, 0.15) is 5.75 Å². The predicted octanol–water partition coefficient (Wildman–Crippen LogP) is 7.41. The van der Waals surface area contributed by atoms with Crippen LogP contribution in [0.1, 0.15) is 30.9 Å². The molecule has 1 aromatic heterocycles. The van der Waals surface area contributed by atoms with Crippen LogP contribution >= 0.6 is 23.2 Å². The monoisotopic (exact) mass is 494 g/mol. The molecule has 5 nitrogen and oxygen atoms in total. The van der Waals surface area contributed by atoms with Crippen LogP contribution in [-0.4, -0.2) is 27.5 Å². The lowest BCUT2D eigenvalue weighted by Crippen LogP contribution is -2.11. The van der Waals surface area contributed by atoms with E-state index in [1.165, 1.54) is 0 Å². The number of nitrogens with zero attached hydrogens (tertiary/aromatic N) is 2. The van der Waals surface area contributed by atoms with E-state index in [0.717, 1.165) is 33.6 Å². The fourth-order valence-electron chi connectivity index (χ4n) is 3.81. The first-order valence-corrected chi connectivity index (χ1v) is 11.6. The number of rotatable bonds is 7. The molecule has 4 aromatic rings. The molecule has 0 aliphatic rings. The Morgan fingerprint density at radius 2 is 1.62 bits per heavy atom. The SMILES string of the molecule is Cc1cc(C(C)C)cc(OCC(=O)O)c1-c1cc(-c2ccc(Cl)cc2)n(-c2ccc(Cl)cc2)n1. The van der Waals surface area contributed by atoms with E-state index >= 15 is 0 Å². The Kier molecular flexibility index (Phi) is 6.96. The Balaban J connectivity index is 1.92. The van der Waals surface area contributed by atoms with Crippen LogP contribution in [0.15, 0.2) is 66.7 Å². The number of hydrogen-bond donors (Lipinski definition) is 1. The van der Waals surface area contributed by atoms with Gasteiger partial charge in [0.05, 0.1) is 17.1 Å². The van der Waals surface area contributed by atoms with E-state index in [9.17, 15) is 9.90 Å². The van der Waals surface area contributed by atoms with Crippen molar-refractivity contribution in [3.63, 3.8) is 0 Å². The number of carboxylic acid groups (broad SMARTS) is 1. The Labute approximate surface area is 208 Å². The molecule has 0 fully saturated rings. The maximum absolute atomic E-state index is 11.2. The third-order valence-corrected chi connectivity index (χ3v) is 6.02. The molecular weight excluding hydrogens is 471 g/mol. The molecule has 1 heterocycles. The molecule has 0 atom stereocenters. The van der Waals surface area contributed by atoms with Crippen LogP contribution in [0.25, 0.3) is 28.2 Å². The van der Waals surface area contributed by atoms with Gasteiger partial charge in [-0.2, -0.15) is 5.10 Å². The van der Waals surface area contributed by atoms with Gasteiger partial charge in [-0.15, -0.1) is 0 Å². The third kappa shape index (κ3) is 5.11. The van der Waals surface area contributed by atoms with Crippen molar-refractivity contribution < 1.29 is 14.6 Å². The van der Waals surface area contributed by atoms with E-state index in [0.29, 0.717) is 21.5 Å². The van der Waals surface area contributed by atoms with Gasteiger partial charge < -0.3 is 9.84 Å². The van der Waals surface area contributed by atoms with Crippen molar-refractivity contribution in [3.8, 4) is 34.0 Å². The van der Waals surface area contributed by atoms with Gasteiger partial charge in [0, 0.05) is 21.2 Å². The van der Waals surface area contributed by atoms with Crippen molar-refractivity contribution in [2.24, 2.45) is 0 Å². The van der Waals surface area contributed by atoms with Crippen LogP contribution in [0.5, 0.6) is 5.75 Å². The maximum atomic E-state index is 11.2. The van der Waals surface area contributed by atoms with Crippen molar-refractivity contribution in [3.05, 3.63) is 87.9 Å². The molecule has 0 spiro atoms. The highest BCUT2D eigenvalue weighted by Crippen LogP contribution is 2.38. The normalized spacial score (nSPS) is 11.1. The van der Waals surface area contributed by atoms with Crippen molar-refractivity contribution in [1.82, 2.24) is 9.78 Å². The molecule has 34 heavy (non-hydrogen) atoms. The van der Waals surface area contributed by atoms with Crippen molar-refractivity contribution in [2.45, 2.75) is 26.7 Å². The lowest BCUT2D eigenvalue weighted by molar-refractivity contribution is -0.139. The molecular formula is C27H24Cl2N2O3. The molecule has 1 N–H and O–H groups in total. The average molecular weight is 495 g/mol. The molecule has 0 amide bonds. The Morgan fingerprint density at radius 3 is 2.21 bits per heavy atom. The van der Waals surface area contributed by atoms with Crippen molar-refractivity contribution in [2.75, 3.05) is 6.61 Å². The number of aromatic nitrogens is 2. The summed E-state index contributed by atoms with van der Waals surface area (Å²) in [7, 11) is 0. The second kappa shape index (κ2) is 9.92. The number of halogens is 2. The van der Waals surface area contributed by atoms with Crippen molar-refractivity contribution in [1.29, 1.82) is 0 Å². The maximum Gasteiger partial charge on any atom is 0.341 e. The Morgan fingerprint density at radius 1 is 1.00 bits per heavy atom. The standard InChI is InChI=1S/C27H24Cl2N2O3/c1-16(2)19-12-17(3)27(25(13-19)34-15-26(32)33)23-14-24(18-4-6-20(28)7-5-18)31(30-23)22-10-8-21(29)9-11-22/h4-14,16H,15H2,1-3H3,(H,32,33). The zero-order valence-electron chi connectivity index (χ0n) is 19.0. The third-order valence-electron chi connectivity index (χ3n) is 5.52. The second-order valence-electron chi connectivity index (χ2n) is 8.36. The zero-order valence-corrected chi connectivity index (χ0v) is 20.6. The van der Waals surface area contributed by atoms with E-state index in [4.69, 9.17) is 33.0 Å². The number of carboxylic acids is 1. The highest BCUT2D eigenvalue weighted by molar-refractivity contribution is 6.30. The molecule has 0 bridgehead atoms. The fraction of sp³-hybridized carbons (Fsp3) is 0.185. The largest absolute Gasteiger partial charge is 0.481 e. The average Bonchev–Trinajstić information content (AvgIpc) is 3.23. The van der Waals surface area contributed by atoms with Crippen molar-refractivity contribution >= 4 is 29.2 Å². The molecule has 0 aliphatic heterocycles. The number of carbonyl (C=O) groups is 1. The summed E-state index contributed by atoms with van der Waals surface area (Å²) in [5, 5.41) is 15.4. The summed E-state index contributed by atoms with van der Waals surface area (Å²) < 4.78 is 7.57. The topological polar surface area (TPSA) is 64.3 Å². The minimum Gasteiger partial charge on any atom is -0.481 e. The summed E-state index contributed by atoms with van der Waals surface area (Å²) in [4.78, 5) is 11.2. The van der Waals surface area contributed by atoms with Gasteiger partial charge in [0.25, 0.3) is 0 Å². The quantitative estimate of drug-likeness (QED) is 0.290. The van der Waals surface area contributed by atoms with Crippen LogP contribution in [0, 0.1) is 6.92 Å². The minimum absolute atomic E-state index is 0.260. The van der Waals surface area contributed by atoms with Gasteiger partial charge in [-0.25, -0.2) is 9.48 Å². The van der Waals surface area contributed by atoms with Crippen LogP contribution in [0.3, 0.4) is 0 Å². The molecule has 0 aliphatic carbocycles. The van der Waals surface area contributed by atoms with E-state index in [2.05, 4.69) is 19.9 Å². The number of benzene rings is 3.